The molecule has 2 aromatic carbocycles. The SMILES string of the molecule is CC1CN(Cc2ccccc2)c2ccc(C(=O)N=C(N)N)cc21. The Kier molecular flexibility index (Phi) is 4.02. The van der Waals surface area contributed by atoms with E-state index in [4.69, 9.17) is 11.5 Å². The number of rotatable bonds is 3. The number of nitrogens with two attached hydrogens (primary N) is 2. The molecule has 0 saturated heterocycles. The predicted octanol–water partition coefficient (Wildman–Crippen LogP) is 2.22. The zero-order chi connectivity index (χ0) is 16.4. The van der Waals surface area contributed by atoms with Gasteiger partial charge in [-0.25, -0.2) is 0 Å². The molecule has 5 nitrogen and oxygen atoms in total. The third-order valence-electron chi connectivity index (χ3n) is 4.09. The van der Waals surface area contributed by atoms with E-state index in [2.05, 4.69) is 28.9 Å². The topological polar surface area (TPSA) is 84.7 Å². The van der Waals surface area contributed by atoms with Crippen molar-refractivity contribution in [1.82, 2.24) is 0 Å². The number of guanidine groups is 1. The average Bonchev–Trinajstić information content (AvgIpc) is 2.83. The van der Waals surface area contributed by atoms with Gasteiger partial charge in [0.1, 0.15) is 0 Å². The molecule has 1 aliphatic rings. The van der Waals surface area contributed by atoms with Gasteiger partial charge in [-0.05, 0) is 29.3 Å². The molecular formula is C18H20N4O. The predicted molar refractivity (Wildman–Crippen MR) is 92.5 cm³/mol. The van der Waals surface area contributed by atoms with Gasteiger partial charge in [0.05, 0.1) is 0 Å². The molecule has 1 aliphatic heterocycles. The molecule has 1 amide bonds. The van der Waals surface area contributed by atoms with Crippen molar-refractivity contribution < 1.29 is 4.79 Å². The number of aliphatic imine (C=N–C) groups is 1. The summed E-state index contributed by atoms with van der Waals surface area (Å²) in [6.45, 7) is 3.96. The van der Waals surface area contributed by atoms with Crippen molar-refractivity contribution in [1.29, 1.82) is 0 Å². The summed E-state index contributed by atoms with van der Waals surface area (Å²) in [6, 6.07) is 16.0. The monoisotopic (exact) mass is 308 g/mol. The first-order chi connectivity index (χ1) is 11.0. The summed E-state index contributed by atoms with van der Waals surface area (Å²) in [4.78, 5) is 17.9. The quantitative estimate of drug-likeness (QED) is 0.672. The second-order valence-electron chi connectivity index (χ2n) is 5.88. The number of carbonyl (C=O) groups excluding carboxylic acids is 1. The Labute approximate surface area is 135 Å². The van der Waals surface area contributed by atoms with Gasteiger partial charge in [0.2, 0.25) is 0 Å². The van der Waals surface area contributed by atoms with Crippen LogP contribution in [0.2, 0.25) is 0 Å². The molecule has 5 heteroatoms. The van der Waals surface area contributed by atoms with Crippen LogP contribution in [-0.4, -0.2) is 18.4 Å². The van der Waals surface area contributed by atoms with Gasteiger partial charge >= 0.3 is 0 Å². The molecule has 0 bridgehead atoms. The third kappa shape index (κ3) is 3.18. The lowest BCUT2D eigenvalue weighted by Gasteiger charge is -2.19. The molecule has 0 fully saturated rings. The standard InChI is InChI=1S/C18H20N4O/c1-12-10-22(11-13-5-3-2-4-6-13)16-8-7-14(9-15(12)16)17(23)21-18(19)20/h2-9,12H,10-11H2,1H3,(H4,19,20,21,23). The van der Waals surface area contributed by atoms with Crippen LogP contribution >= 0.6 is 0 Å². The van der Waals surface area contributed by atoms with Crippen molar-refractivity contribution in [3.8, 4) is 0 Å². The maximum atomic E-state index is 12.0. The van der Waals surface area contributed by atoms with Crippen LogP contribution in [0.1, 0.15) is 34.3 Å². The lowest BCUT2D eigenvalue weighted by atomic mass is 10.0. The summed E-state index contributed by atoms with van der Waals surface area (Å²) >= 11 is 0. The van der Waals surface area contributed by atoms with Crippen LogP contribution in [0.3, 0.4) is 0 Å². The van der Waals surface area contributed by atoms with Gasteiger partial charge in [-0.15, -0.1) is 0 Å². The second kappa shape index (κ2) is 6.12. The molecular weight excluding hydrogens is 288 g/mol. The van der Waals surface area contributed by atoms with E-state index in [-0.39, 0.29) is 5.96 Å². The first-order valence-electron chi connectivity index (χ1n) is 7.61. The van der Waals surface area contributed by atoms with E-state index < -0.39 is 5.91 Å². The number of fused-ring (bicyclic) bond motifs is 1. The van der Waals surface area contributed by atoms with Crippen molar-refractivity contribution in [3.05, 3.63) is 65.2 Å². The third-order valence-corrected chi connectivity index (χ3v) is 4.09. The van der Waals surface area contributed by atoms with Crippen molar-refractivity contribution in [2.45, 2.75) is 19.4 Å². The smallest absolute Gasteiger partial charge is 0.280 e. The summed E-state index contributed by atoms with van der Waals surface area (Å²) in [5, 5.41) is 0. The Morgan fingerprint density at radius 1 is 1.22 bits per heavy atom. The van der Waals surface area contributed by atoms with Gasteiger partial charge in [0, 0.05) is 30.3 Å². The molecule has 118 valence electrons. The van der Waals surface area contributed by atoms with E-state index in [1.54, 1.807) is 6.07 Å². The molecule has 23 heavy (non-hydrogen) atoms. The fraction of sp³-hybridized carbons (Fsp3) is 0.222. The molecule has 2 aromatic rings. The molecule has 0 radical (unpaired) electrons. The summed E-state index contributed by atoms with van der Waals surface area (Å²) < 4.78 is 0. The number of benzene rings is 2. The van der Waals surface area contributed by atoms with Gasteiger partial charge in [-0.3, -0.25) is 4.79 Å². The van der Waals surface area contributed by atoms with Crippen molar-refractivity contribution >= 4 is 17.6 Å². The number of hydrogen-bond acceptors (Lipinski definition) is 2. The molecule has 1 unspecified atom stereocenters. The maximum Gasteiger partial charge on any atom is 0.280 e. The van der Waals surface area contributed by atoms with E-state index in [1.807, 2.05) is 30.3 Å². The highest BCUT2D eigenvalue weighted by atomic mass is 16.1. The van der Waals surface area contributed by atoms with Crippen LogP contribution in [-0.2, 0) is 6.54 Å². The van der Waals surface area contributed by atoms with E-state index in [0.717, 1.165) is 18.7 Å². The fourth-order valence-corrected chi connectivity index (χ4v) is 3.03. The summed E-state index contributed by atoms with van der Waals surface area (Å²) in [5.74, 6) is -0.253. The Morgan fingerprint density at radius 2 is 1.96 bits per heavy atom. The van der Waals surface area contributed by atoms with Crippen LogP contribution in [0.25, 0.3) is 0 Å². The summed E-state index contributed by atoms with van der Waals surface area (Å²) in [5.41, 5.74) is 14.7. The maximum absolute atomic E-state index is 12.0. The number of anilines is 1. The molecule has 1 atom stereocenters. The van der Waals surface area contributed by atoms with E-state index in [0.29, 0.717) is 11.5 Å². The van der Waals surface area contributed by atoms with Gasteiger partial charge < -0.3 is 16.4 Å². The largest absolute Gasteiger partial charge is 0.370 e. The molecule has 0 aliphatic carbocycles. The van der Waals surface area contributed by atoms with E-state index in [9.17, 15) is 4.79 Å². The van der Waals surface area contributed by atoms with E-state index in [1.165, 1.54) is 11.3 Å². The molecule has 1 heterocycles. The summed E-state index contributed by atoms with van der Waals surface area (Å²) in [6.07, 6.45) is 0. The number of amides is 1. The van der Waals surface area contributed by atoms with Crippen molar-refractivity contribution in [3.63, 3.8) is 0 Å². The molecule has 4 N–H and O–H groups in total. The van der Waals surface area contributed by atoms with Crippen LogP contribution in [0.5, 0.6) is 0 Å². The minimum atomic E-state index is -0.401. The van der Waals surface area contributed by atoms with Gasteiger partial charge in [0.25, 0.3) is 5.91 Å². The zero-order valence-corrected chi connectivity index (χ0v) is 13.1. The van der Waals surface area contributed by atoms with Gasteiger partial charge in [-0.2, -0.15) is 4.99 Å². The highest BCUT2D eigenvalue weighted by Gasteiger charge is 2.26. The lowest BCUT2D eigenvalue weighted by Crippen LogP contribution is -2.24. The summed E-state index contributed by atoms with van der Waals surface area (Å²) in [7, 11) is 0. The highest BCUT2D eigenvalue weighted by Crippen LogP contribution is 2.37. The number of nitrogens with zero attached hydrogens (tertiary/aromatic N) is 2. The van der Waals surface area contributed by atoms with Crippen LogP contribution in [0.4, 0.5) is 5.69 Å². The molecule has 3 rings (SSSR count). The Hall–Kier alpha value is -2.82. The zero-order valence-electron chi connectivity index (χ0n) is 13.1. The second-order valence-corrected chi connectivity index (χ2v) is 5.88. The first kappa shape index (κ1) is 15.1. The Morgan fingerprint density at radius 3 is 2.65 bits per heavy atom. The van der Waals surface area contributed by atoms with Crippen LogP contribution < -0.4 is 16.4 Å². The Bertz CT molecular complexity index is 751. The van der Waals surface area contributed by atoms with Crippen molar-refractivity contribution in [2.75, 3.05) is 11.4 Å². The minimum absolute atomic E-state index is 0.214. The first-order valence-corrected chi connectivity index (χ1v) is 7.61. The van der Waals surface area contributed by atoms with Gasteiger partial charge in [-0.1, -0.05) is 37.3 Å². The molecule has 0 aromatic heterocycles. The van der Waals surface area contributed by atoms with Crippen LogP contribution in [0, 0.1) is 0 Å². The lowest BCUT2D eigenvalue weighted by molar-refractivity contribution is 0.100. The number of carbonyl (C=O) groups is 1. The molecule has 0 spiro atoms. The number of hydrogen-bond donors (Lipinski definition) is 2. The van der Waals surface area contributed by atoms with Crippen molar-refractivity contribution in [2.24, 2.45) is 16.5 Å². The van der Waals surface area contributed by atoms with Gasteiger partial charge in [0.15, 0.2) is 5.96 Å². The Balaban J connectivity index is 1.87. The average molecular weight is 308 g/mol. The molecule has 0 saturated carbocycles. The highest BCUT2D eigenvalue weighted by molar-refractivity contribution is 6.02. The van der Waals surface area contributed by atoms with Crippen LogP contribution in [0.15, 0.2) is 53.5 Å². The normalized spacial score (nSPS) is 16.0. The fourth-order valence-electron chi connectivity index (χ4n) is 3.03. The van der Waals surface area contributed by atoms with E-state index >= 15 is 0 Å². The minimum Gasteiger partial charge on any atom is -0.370 e.